The van der Waals surface area contributed by atoms with E-state index < -0.39 is 223 Å². The lowest BCUT2D eigenvalue weighted by molar-refractivity contribution is -0.393. The Bertz CT molecular complexity index is 1860. The average molecular weight is 1130 g/mol. The normalized spacial score (nSPS) is 47.7. The van der Waals surface area contributed by atoms with Gasteiger partial charge in [0.15, 0.2) is 37.7 Å². The third kappa shape index (κ3) is 14.6. The van der Waals surface area contributed by atoms with Crippen LogP contribution in [0, 0.1) is 0 Å². The number of rotatable bonds is 23. The van der Waals surface area contributed by atoms with Crippen LogP contribution in [0.1, 0.15) is 33.1 Å². The quantitative estimate of drug-likeness (QED) is 0.0195. The number of aliphatic hydroxyl groups excluding tert-OH is 16. The van der Waals surface area contributed by atoms with Crippen LogP contribution >= 0.6 is 0 Å². The highest BCUT2D eigenvalue weighted by molar-refractivity contribution is 5.73. The fraction of sp³-hybridized carbons (Fsp3) is 0.977. The van der Waals surface area contributed by atoms with Crippen LogP contribution in [0.5, 0.6) is 0 Å². The summed E-state index contributed by atoms with van der Waals surface area (Å²) in [7, 11) is 0. The topological polar surface area (TPSA) is 538 Å². The number of nitrogens with one attached hydrogen (secondary N) is 1. The molecule has 18 unspecified atom stereocenters. The van der Waals surface area contributed by atoms with Gasteiger partial charge in [-0.15, -0.1) is 0 Å². The smallest absolute Gasteiger partial charge is 0.217 e. The van der Waals surface area contributed by atoms with E-state index in [1.54, 1.807) is 0 Å². The zero-order valence-corrected chi connectivity index (χ0v) is 41.8. The minimum absolute atomic E-state index is 0.0936. The van der Waals surface area contributed by atoms with E-state index in [9.17, 15) is 86.5 Å². The molecular formula is C43H75N5O29. The van der Waals surface area contributed by atoms with E-state index in [1.165, 1.54) is 6.92 Å². The van der Waals surface area contributed by atoms with Crippen molar-refractivity contribution in [1.82, 2.24) is 5.32 Å². The SMILES string of the molecule is CC(=O)NC1C(O[C@@H]2OC(CO)[C@H](O)C(O)C2O[C@@H]2OC(C)[C@@H](O)C(O)C2O)[C@@H](O)C(CO)O[C@H]1OC1C(O)[C@@H](O[C@H]2C(CO)O[C@@H](O[C@@H]3C(CN=[N+]=[N-])O[C@@H](OCCCCCN)C(O)C3O)C(O)C2O)OC(CO)[C@@H]1O. The predicted molar refractivity (Wildman–Crippen MR) is 243 cm³/mol. The molecule has 6 heterocycles. The van der Waals surface area contributed by atoms with Crippen molar-refractivity contribution >= 4 is 5.91 Å². The van der Waals surface area contributed by atoms with Crippen molar-refractivity contribution in [2.45, 2.75) is 217 Å². The number of azide groups is 1. The van der Waals surface area contributed by atoms with Crippen molar-refractivity contribution in [3.8, 4) is 0 Å². The fourth-order valence-electron chi connectivity index (χ4n) is 9.70. The third-order valence-corrected chi connectivity index (χ3v) is 14.1. The van der Waals surface area contributed by atoms with Crippen LogP contribution in [0.2, 0.25) is 0 Å². The highest BCUT2D eigenvalue weighted by atomic mass is 16.8. The van der Waals surface area contributed by atoms with Crippen LogP contribution in [0.4, 0.5) is 0 Å². The van der Waals surface area contributed by atoms with Gasteiger partial charge in [-0.2, -0.15) is 0 Å². The van der Waals surface area contributed by atoms with Gasteiger partial charge in [0, 0.05) is 18.4 Å². The first-order valence-corrected chi connectivity index (χ1v) is 25.1. The van der Waals surface area contributed by atoms with Crippen LogP contribution in [0.15, 0.2) is 5.11 Å². The van der Waals surface area contributed by atoms with E-state index in [1.807, 2.05) is 0 Å². The predicted octanol–water partition coefficient (Wildman–Crippen LogP) is -10.5. The van der Waals surface area contributed by atoms with Crippen molar-refractivity contribution in [2.24, 2.45) is 10.8 Å². The first-order chi connectivity index (χ1) is 36.7. The molecule has 6 aliphatic heterocycles. The third-order valence-electron chi connectivity index (χ3n) is 14.1. The number of ether oxygens (including phenoxy) is 12. The Labute approximate surface area is 438 Å². The molecule has 0 aromatic heterocycles. The van der Waals surface area contributed by atoms with Gasteiger partial charge < -0.3 is 150 Å². The molecule has 0 saturated carbocycles. The van der Waals surface area contributed by atoms with Gasteiger partial charge in [-0.1, -0.05) is 5.11 Å². The maximum Gasteiger partial charge on any atom is 0.217 e. The molecule has 446 valence electrons. The highest BCUT2D eigenvalue weighted by Crippen LogP contribution is 2.37. The number of unbranched alkanes of at least 4 members (excludes halogenated alkanes) is 2. The van der Waals surface area contributed by atoms with Gasteiger partial charge in [0.05, 0.1) is 45.2 Å². The summed E-state index contributed by atoms with van der Waals surface area (Å²) in [4.78, 5) is 15.5. The maximum absolute atomic E-state index is 12.8. The Morgan fingerprint density at radius 1 is 0.494 bits per heavy atom. The molecule has 34 heteroatoms. The lowest BCUT2D eigenvalue weighted by atomic mass is 9.94. The van der Waals surface area contributed by atoms with Gasteiger partial charge >= 0.3 is 0 Å². The lowest BCUT2D eigenvalue weighted by Gasteiger charge is -2.51. The number of amides is 1. The number of aliphatic hydroxyl groups is 16. The highest BCUT2D eigenvalue weighted by Gasteiger charge is 2.58. The summed E-state index contributed by atoms with van der Waals surface area (Å²) in [6.07, 6.45) is -51.5. The largest absolute Gasteiger partial charge is 0.394 e. The minimum Gasteiger partial charge on any atom is -0.394 e. The molecule has 0 aromatic carbocycles. The van der Waals surface area contributed by atoms with E-state index in [-0.39, 0.29) is 6.61 Å². The average Bonchev–Trinajstić information content (AvgIpc) is 3.41. The first kappa shape index (κ1) is 63.8. The van der Waals surface area contributed by atoms with Crippen molar-refractivity contribution in [3.63, 3.8) is 0 Å². The molecule has 0 spiro atoms. The summed E-state index contributed by atoms with van der Waals surface area (Å²) < 4.78 is 69.5. The molecule has 1 amide bonds. The van der Waals surface area contributed by atoms with Crippen LogP contribution < -0.4 is 11.1 Å². The van der Waals surface area contributed by atoms with Gasteiger partial charge in [-0.3, -0.25) is 4.79 Å². The zero-order valence-electron chi connectivity index (χ0n) is 41.8. The van der Waals surface area contributed by atoms with E-state index in [0.29, 0.717) is 25.8 Å². The van der Waals surface area contributed by atoms with Gasteiger partial charge in [-0.05, 0) is 38.3 Å². The molecule has 0 aliphatic carbocycles. The molecule has 77 heavy (non-hydrogen) atoms. The van der Waals surface area contributed by atoms with Gasteiger partial charge in [0.1, 0.15) is 134 Å². The second-order valence-electron chi connectivity index (χ2n) is 19.4. The molecule has 6 saturated heterocycles. The number of carbonyl (C=O) groups excluding carboxylic acids is 1. The molecule has 0 bridgehead atoms. The number of carbonyl (C=O) groups is 1. The molecule has 6 aliphatic rings. The van der Waals surface area contributed by atoms with E-state index >= 15 is 0 Å². The molecule has 6 fully saturated rings. The number of nitrogens with zero attached hydrogens (tertiary/aromatic N) is 3. The molecule has 19 N–H and O–H groups in total. The van der Waals surface area contributed by atoms with Crippen molar-refractivity contribution in [2.75, 3.05) is 46.1 Å². The summed E-state index contributed by atoms with van der Waals surface area (Å²) in [6.45, 7) is -1.63. The van der Waals surface area contributed by atoms with E-state index in [4.69, 9.17) is 68.1 Å². The number of hydrogen-bond acceptors (Lipinski definition) is 31. The van der Waals surface area contributed by atoms with E-state index in [2.05, 4.69) is 15.3 Å². The number of nitrogens with two attached hydrogens (primary N) is 1. The minimum atomic E-state index is -2.22. The molecule has 0 aromatic rings. The fourth-order valence-corrected chi connectivity index (χ4v) is 9.70. The second kappa shape index (κ2) is 29.0. The van der Waals surface area contributed by atoms with Crippen LogP contribution in [0.25, 0.3) is 10.4 Å². The Balaban J connectivity index is 1.20. The Kier molecular flexibility index (Phi) is 24.1. The van der Waals surface area contributed by atoms with Crippen molar-refractivity contribution in [3.05, 3.63) is 10.4 Å². The lowest BCUT2D eigenvalue weighted by Crippen LogP contribution is -2.70. The van der Waals surface area contributed by atoms with Crippen LogP contribution in [0.3, 0.4) is 0 Å². The first-order valence-electron chi connectivity index (χ1n) is 25.1. The summed E-state index contributed by atoms with van der Waals surface area (Å²) >= 11 is 0. The molecule has 30 atom stereocenters. The molecular weight excluding hydrogens is 1050 g/mol. The van der Waals surface area contributed by atoms with Crippen molar-refractivity contribution < 1.29 is 143 Å². The van der Waals surface area contributed by atoms with Gasteiger partial charge in [-0.25, -0.2) is 0 Å². The number of hydrogen-bond donors (Lipinski definition) is 18. The van der Waals surface area contributed by atoms with Crippen LogP contribution in [-0.4, -0.2) is 318 Å². The maximum atomic E-state index is 12.8. The molecule has 6 rings (SSSR count). The monoisotopic (exact) mass is 1130 g/mol. The van der Waals surface area contributed by atoms with Crippen molar-refractivity contribution in [1.29, 1.82) is 0 Å². The summed E-state index contributed by atoms with van der Waals surface area (Å²) in [5.41, 5.74) is 14.6. The Morgan fingerprint density at radius 2 is 0.948 bits per heavy atom. The van der Waals surface area contributed by atoms with Gasteiger partial charge in [0.25, 0.3) is 0 Å². The summed E-state index contributed by atoms with van der Waals surface area (Å²) in [6, 6.07) is -1.79. The molecule has 34 nitrogen and oxygen atoms in total. The van der Waals surface area contributed by atoms with E-state index in [0.717, 1.165) is 6.92 Å². The summed E-state index contributed by atoms with van der Waals surface area (Å²) in [5.74, 6) is -0.864. The zero-order chi connectivity index (χ0) is 56.6. The Morgan fingerprint density at radius 3 is 1.55 bits per heavy atom. The summed E-state index contributed by atoms with van der Waals surface area (Å²) in [5, 5.41) is 180. The van der Waals surface area contributed by atoms with Crippen LogP contribution in [-0.2, 0) is 61.6 Å². The Hall–Kier alpha value is -2.38. The van der Waals surface area contributed by atoms with Gasteiger partial charge in [0.2, 0.25) is 5.91 Å². The standard InChI is InChI=1S/C43H75N5O29/c1-13-21(54)25(58)29(62)40(67-13)77-37-26(59)22(55)16(9-49)71-43(37)75-35-20(47-14(2)53)38(69-17(10-50)23(35)56)76-36-24(57)18(11-51)70-42(32(36)65)74-34-19(12-52)72-41(31(64)28(34)61)73-33-15(8-46-48-45)68-39(30(63)27(33)60)66-7-5-3-4-6-44/h13,15-43,49-52,54-65H,3-12,44H2,1-2H3,(H,47,53)/t13?,15?,16?,17?,18?,19?,20?,21-,22+,23+,24+,25?,26?,27?,28?,29?,30?,31?,32?,33-,34+,35?,36?,37?,38+,39-,40+,41+,42-,43+/m1/s1. The molecule has 0 radical (unpaired) electrons. The second-order valence-corrected chi connectivity index (χ2v) is 19.4.